The van der Waals surface area contributed by atoms with Gasteiger partial charge < -0.3 is 4.90 Å². The minimum Gasteiger partial charge on any atom is -0.340 e. The first-order valence-corrected chi connectivity index (χ1v) is 12.5. The fraction of sp³-hybridized carbons (Fsp3) is 0.368. The second-order valence-electron chi connectivity index (χ2n) is 6.78. The van der Waals surface area contributed by atoms with Gasteiger partial charge in [0.2, 0.25) is 15.9 Å². The summed E-state index contributed by atoms with van der Waals surface area (Å²) in [4.78, 5) is 27.3. The van der Waals surface area contributed by atoms with Gasteiger partial charge in [-0.1, -0.05) is 17.4 Å². The summed E-state index contributed by atoms with van der Waals surface area (Å²) in [5.41, 5.74) is 0.755. The van der Waals surface area contributed by atoms with E-state index in [2.05, 4.69) is 0 Å². The molecule has 0 aliphatic carbocycles. The molecule has 2 aromatic heterocycles. The SMILES string of the molecule is CCn1c(=O)sc2cc(S(=O)(=O)N3CCN(C(=O)Cc4cccs4)CC3)ccc21. The second-order valence-corrected chi connectivity index (χ2v) is 10.7. The first-order valence-electron chi connectivity index (χ1n) is 9.34. The van der Waals surface area contributed by atoms with E-state index in [9.17, 15) is 18.0 Å². The van der Waals surface area contributed by atoms with Crippen molar-refractivity contribution in [2.45, 2.75) is 24.8 Å². The van der Waals surface area contributed by atoms with Gasteiger partial charge in [0.15, 0.2) is 0 Å². The van der Waals surface area contributed by atoms with E-state index in [0.717, 1.165) is 21.7 Å². The van der Waals surface area contributed by atoms with Crippen molar-refractivity contribution < 1.29 is 13.2 Å². The van der Waals surface area contributed by atoms with Crippen molar-refractivity contribution in [3.05, 3.63) is 50.3 Å². The number of sulfonamides is 1. The first-order chi connectivity index (χ1) is 13.9. The maximum Gasteiger partial charge on any atom is 0.308 e. The third kappa shape index (κ3) is 3.89. The Kier molecular flexibility index (Phi) is 5.60. The van der Waals surface area contributed by atoms with Crippen LogP contribution in [0, 0.1) is 0 Å². The predicted octanol–water partition coefficient (Wildman–Crippen LogP) is 2.22. The normalized spacial score (nSPS) is 15.8. The summed E-state index contributed by atoms with van der Waals surface area (Å²) in [5.74, 6) is 0.0246. The minimum absolute atomic E-state index is 0.0246. The number of benzene rings is 1. The zero-order valence-electron chi connectivity index (χ0n) is 15.9. The van der Waals surface area contributed by atoms with Gasteiger partial charge in [0.25, 0.3) is 0 Å². The monoisotopic (exact) mass is 451 g/mol. The Balaban J connectivity index is 1.48. The smallest absolute Gasteiger partial charge is 0.308 e. The van der Waals surface area contributed by atoms with Crippen LogP contribution in [0.15, 0.2) is 45.4 Å². The van der Waals surface area contributed by atoms with Crippen LogP contribution in [0.5, 0.6) is 0 Å². The molecule has 0 radical (unpaired) electrons. The molecule has 1 amide bonds. The van der Waals surface area contributed by atoms with E-state index in [1.165, 1.54) is 4.31 Å². The molecule has 4 rings (SSSR count). The number of hydrogen-bond donors (Lipinski definition) is 0. The molecule has 0 unspecified atom stereocenters. The second kappa shape index (κ2) is 8.02. The van der Waals surface area contributed by atoms with Gasteiger partial charge in [-0.15, -0.1) is 11.3 Å². The Labute approximate surface area is 176 Å². The fourth-order valence-corrected chi connectivity index (χ4v) is 6.72. The Morgan fingerprint density at radius 1 is 1.14 bits per heavy atom. The average molecular weight is 452 g/mol. The van der Waals surface area contributed by atoms with Gasteiger partial charge in [-0.05, 0) is 36.6 Å². The van der Waals surface area contributed by atoms with Gasteiger partial charge >= 0.3 is 4.87 Å². The Bertz CT molecular complexity index is 1190. The number of hydrogen-bond acceptors (Lipinski definition) is 6. The number of carbonyl (C=O) groups is 1. The van der Waals surface area contributed by atoms with Crippen LogP contribution < -0.4 is 4.87 Å². The zero-order valence-corrected chi connectivity index (χ0v) is 18.4. The maximum atomic E-state index is 13.1. The Hall–Kier alpha value is -2.01. The lowest BCUT2D eigenvalue weighted by molar-refractivity contribution is -0.131. The number of carbonyl (C=O) groups excluding carboxylic acids is 1. The molecule has 0 saturated carbocycles. The standard InChI is InChI=1S/C19H21N3O4S3/c1-2-22-16-6-5-15(13-17(16)28-19(22)24)29(25,26)21-9-7-20(8-10-21)18(23)12-14-4-3-11-27-14/h3-6,11,13H,2,7-10,12H2,1H3. The van der Waals surface area contributed by atoms with Crippen LogP contribution in [0.4, 0.5) is 0 Å². The highest BCUT2D eigenvalue weighted by Gasteiger charge is 2.30. The number of aromatic nitrogens is 1. The molecule has 1 aliphatic heterocycles. The lowest BCUT2D eigenvalue weighted by atomic mass is 10.3. The molecule has 7 nitrogen and oxygen atoms in total. The number of thiophene rings is 1. The van der Waals surface area contributed by atoms with Gasteiger partial charge in [-0.25, -0.2) is 8.42 Å². The van der Waals surface area contributed by atoms with Crippen molar-refractivity contribution in [2.75, 3.05) is 26.2 Å². The Morgan fingerprint density at radius 2 is 1.90 bits per heavy atom. The summed E-state index contributed by atoms with van der Waals surface area (Å²) in [6.45, 7) is 3.73. The summed E-state index contributed by atoms with van der Waals surface area (Å²) in [6.07, 6.45) is 0.356. The van der Waals surface area contributed by atoms with Crippen molar-refractivity contribution in [3.8, 4) is 0 Å². The van der Waals surface area contributed by atoms with E-state index in [-0.39, 0.29) is 28.8 Å². The molecule has 1 fully saturated rings. The van der Waals surface area contributed by atoms with Gasteiger partial charge in [0.05, 0.1) is 21.5 Å². The highest BCUT2D eigenvalue weighted by molar-refractivity contribution is 7.89. The summed E-state index contributed by atoms with van der Waals surface area (Å²) >= 11 is 2.60. The number of nitrogens with zero attached hydrogens (tertiary/aromatic N) is 3. The molecule has 0 spiro atoms. The van der Waals surface area contributed by atoms with E-state index < -0.39 is 10.0 Å². The molecule has 1 aromatic carbocycles. The van der Waals surface area contributed by atoms with Gasteiger partial charge in [0.1, 0.15) is 0 Å². The summed E-state index contributed by atoms with van der Waals surface area (Å²) in [7, 11) is -3.67. The summed E-state index contributed by atoms with van der Waals surface area (Å²) < 4.78 is 29.9. The van der Waals surface area contributed by atoms with Crippen LogP contribution in [0.2, 0.25) is 0 Å². The van der Waals surface area contributed by atoms with Gasteiger partial charge in [-0.2, -0.15) is 4.31 Å². The zero-order chi connectivity index (χ0) is 20.6. The number of amides is 1. The van der Waals surface area contributed by atoms with Crippen molar-refractivity contribution >= 4 is 48.8 Å². The fourth-order valence-electron chi connectivity index (χ4n) is 3.51. The summed E-state index contributed by atoms with van der Waals surface area (Å²) in [5, 5.41) is 1.94. The third-order valence-corrected chi connectivity index (χ3v) is 8.80. The molecular formula is C19H21N3O4S3. The number of thiazole rings is 1. The molecule has 29 heavy (non-hydrogen) atoms. The molecular weight excluding hydrogens is 430 g/mol. The Morgan fingerprint density at radius 3 is 2.55 bits per heavy atom. The number of rotatable bonds is 5. The lowest BCUT2D eigenvalue weighted by Crippen LogP contribution is -2.50. The molecule has 154 valence electrons. The molecule has 1 saturated heterocycles. The van der Waals surface area contributed by atoms with Gasteiger partial charge in [0, 0.05) is 37.6 Å². The molecule has 0 N–H and O–H groups in total. The van der Waals surface area contributed by atoms with Crippen LogP contribution in [-0.4, -0.2) is 54.3 Å². The maximum absolute atomic E-state index is 13.1. The van der Waals surface area contributed by atoms with Crippen LogP contribution in [-0.2, 0) is 27.8 Å². The highest BCUT2D eigenvalue weighted by Crippen LogP contribution is 2.25. The largest absolute Gasteiger partial charge is 0.340 e. The van der Waals surface area contributed by atoms with E-state index >= 15 is 0 Å². The molecule has 3 aromatic rings. The number of aryl methyl sites for hydroxylation is 1. The van der Waals surface area contributed by atoms with E-state index in [0.29, 0.717) is 30.8 Å². The van der Waals surface area contributed by atoms with Crippen LogP contribution >= 0.6 is 22.7 Å². The summed E-state index contributed by atoms with van der Waals surface area (Å²) in [6, 6.07) is 8.69. The van der Waals surface area contributed by atoms with Crippen LogP contribution in [0.3, 0.4) is 0 Å². The average Bonchev–Trinajstić information content (AvgIpc) is 3.33. The van der Waals surface area contributed by atoms with Crippen molar-refractivity contribution in [1.29, 1.82) is 0 Å². The third-order valence-electron chi connectivity index (χ3n) is 5.09. The van der Waals surface area contributed by atoms with Crippen LogP contribution in [0.1, 0.15) is 11.8 Å². The van der Waals surface area contributed by atoms with Gasteiger partial charge in [-0.3, -0.25) is 14.2 Å². The van der Waals surface area contributed by atoms with E-state index in [1.54, 1.807) is 39.0 Å². The number of fused-ring (bicyclic) bond motifs is 1. The molecule has 0 bridgehead atoms. The first kappa shape index (κ1) is 20.3. The van der Waals surface area contributed by atoms with Crippen LogP contribution in [0.25, 0.3) is 10.2 Å². The van der Waals surface area contributed by atoms with E-state index in [1.807, 2.05) is 24.4 Å². The van der Waals surface area contributed by atoms with E-state index in [4.69, 9.17) is 0 Å². The molecule has 0 atom stereocenters. The number of piperazine rings is 1. The lowest BCUT2D eigenvalue weighted by Gasteiger charge is -2.34. The quantitative estimate of drug-likeness (QED) is 0.596. The van der Waals surface area contributed by atoms with Crippen molar-refractivity contribution in [2.24, 2.45) is 0 Å². The van der Waals surface area contributed by atoms with Crippen molar-refractivity contribution in [1.82, 2.24) is 13.8 Å². The molecule has 1 aliphatic rings. The predicted molar refractivity (Wildman–Crippen MR) is 115 cm³/mol. The minimum atomic E-state index is -3.67. The topological polar surface area (TPSA) is 79.7 Å². The van der Waals surface area contributed by atoms with Crippen molar-refractivity contribution in [3.63, 3.8) is 0 Å². The molecule has 10 heteroatoms. The molecule has 3 heterocycles. The highest BCUT2D eigenvalue weighted by atomic mass is 32.2.